The number of hydrogen-bond acceptors (Lipinski definition) is 5. The highest BCUT2D eigenvalue weighted by Crippen LogP contribution is 2.26. The first-order valence-corrected chi connectivity index (χ1v) is 9.00. The number of piperidine rings is 1. The number of rotatable bonds is 5. The minimum atomic E-state index is -0.0326. The number of amides is 1. The number of nitrogens with one attached hydrogen (secondary N) is 1. The third-order valence-electron chi connectivity index (χ3n) is 4.90. The Labute approximate surface area is 154 Å². The Morgan fingerprint density at radius 3 is 2.88 bits per heavy atom. The largest absolute Gasteiger partial charge is 0.481 e. The highest BCUT2D eigenvalue weighted by molar-refractivity contribution is 5.91. The van der Waals surface area contributed by atoms with E-state index < -0.39 is 0 Å². The van der Waals surface area contributed by atoms with Crippen LogP contribution < -0.4 is 10.1 Å². The molecule has 0 bridgehead atoms. The molecule has 3 heterocycles. The van der Waals surface area contributed by atoms with Gasteiger partial charge in [-0.25, -0.2) is 9.67 Å². The topological polar surface area (TPSA) is 72.3 Å². The fourth-order valence-corrected chi connectivity index (χ4v) is 3.52. The van der Waals surface area contributed by atoms with E-state index in [0.29, 0.717) is 5.82 Å². The van der Waals surface area contributed by atoms with Crippen molar-refractivity contribution in [3.63, 3.8) is 0 Å². The maximum atomic E-state index is 12.6. The van der Waals surface area contributed by atoms with Crippen LogP contribution in [0.5, 0.6) is 5.88 Å². The highest BCUT2D eigenvalue weighted by atomic mass is 16.5. The van der Waals surface area contributed by atoms with Crippen molar-refractivity contribution in [1.82, 2.24) is 19.7 Å². The Kier molecular flexibility index (Phi) is 5.56. The molecule has 1 unspecified atom stereocenters. The molecule has 1 amide bonds. The second-order valence-electron chi connectivity index (χ2n) is 6.98. The van der Waals surface area contributed by atoms with Crippen LogP contribution in [0.3, 0.4) is 0 Å². The number of pyridine rings is 1. The van der Waals surface area contributed by atoms with Gasteiger partial charge in [0.25, 0.3) is 0 Å². The Morgan fingerprint density at radius 2 is 2.19 bits per heavy atom. The lowest BCUT2D eigenvalue weighted by Crippen LogP contribution is -2.40. The van der Waals surface area contributed by atoms with Crippen LogP contribution in [0.1, 0.15) is 29.7 Å². The van der Waals surface area contributed by atoms with Crippen LogP contribution in [-0.4, -0.2) is 45.8 Å². The van der Waals surface area contributed by atoms with Crippen LogP contribution in [0, 0.1) is 19.8 Å². The third-order valence-corrected chi connectivity index (χ3v) is 4.90. The van der Waals surface area contributed by atoms with Gasteiger partial charge < -0.3 is 10.1 Å². The van der Waals surface area contributed by atoms with Crippen LogP contribution in [0.25, 0.3) is 0 Å². The summed E-state index contributed by atoms with van der Waals surface area (Å²) in [5, 5.41) is 7.39. The molecule has 1 aliphatic heterocycles. The number of nitrogens with zero attached hydrogens (tertiary/aromatic N) is 4. The molecule has 1 saturated heterocycles. The molecule has 3 rings (SSSR count). The normalized spacial score (nSPS) is 17.9. The number of anilines is 1. The first kappa shape index (κ1) is 18.4. The molecule has 0 radical (unpaired) electrons. The van der Waals surface area contributed by atoms with Gasteiger partial charge in [-0.15, -0.1) is 0 Å². The van der Waals surface area contributed by atoms with E-state index in [0.717, 1.165) is 55.2 Å². The molecule has 0 aliphatic carbocycles. The lowest BCUT2D eigenvalue weighted by molar-refractivity contribution is -0.121. The van der Waals surface area contributed by atoms with E-state index in [1.165, 1.54) is 0 Å². The summed E-state index contributed by atoms with van der Waals surface area (Å²) < 4.78 is 7.25. The number of aromatic nitrogens is 3. The van der Waals surface area contributed by atoms with Crippen molar-refractivity contribution in [3.05, 3.63) is 35.2 Å². The minimum Gasteiger partial charge on any atom is -0.481 e. The standard InChI is InChI=1S/C19H27N5O2/c1-13-7-8-17(20-10-13)21-18(25)15-6-5-9-24(11-15)12-16-14(2)22-23(3)19(16)26-4/h7-8,10,15H,5-6,9,11-12H2,1-4H3,(H,20,21,25). The molecular formula is C19H27N5O2. The second-order valence-corrected chi connectivity index (χ2v) is 6.98. The van der Waals surface area contributed by atoms with Gasteiger partial charge in [0.15, 0.2) is 0 Å². The van der Waals surface area contributed by atoms with Crippen LogP contribution in [0.2, 0.25) is 0 Å². The van der Waals surface area contributed by atoms with Crippen molar-refractivity contribution in [2.45, 2.75) is 33.2 Å². The predicted molar refractivity (Wildman–Crippen MR) is 100 cm³/mol. The zero-order valence-electron chi connectivity index (χ0n) is 16.0. The number of ether oxygens (including phenoxy) is 1. The van der Waals surface area contributed by atoms with Gasteiger partial charge in [0.2, 0.25) is 11.8 Å². The molecule has 140 valence electrons. The zero-order chi connectivity index (χ0) is 18.7. The SMILES string of the molecule is COc1c(CN2CCCC(C(=O)Nc3ccc(C)cn3)C2)c(C)nn1C. The van der Waals surface area contributed by atoms with E-state index in [9.17, 15) is 4.79 Å². The van der Waals surface area contributed by atoms with Crippen molar-refractivity contribution in [2.24, 2.45) is 13.0 Å². The molecule has 0 spiro atoms. The second kappa shape index (κ2) is 7.86. The Bertz CT molecular complexity index is 769. The van der Waals surface area contributed by atoms with Gasteiger partial charge in [0.05, 0.1) is 24.3 Å². The number of carbonyl (C=O) groups is 1. The number of aryl methyl sites for hydroxylation is 3. The molecular weight excluding hydrogens is 330 g/mol. The van der Waals surface area contributed by atoms with E-state index in [1.54, 1.807) is 18.0 Å². The minimum absolute atomic E-state index is 0.0326. The number of methoxy groups -OCH3 is 1. The van der Waals surface area contributed by atoms with E-state index in [1.807, 2.05) is 33.0 Å². The first-order chi connectivity index (χ1) is 12.5. The van der Waals surface area contributed by atoms with E-state index in [2.05, 4.69) is 20.3 Å². The van der Waals surface area contributed by atoms with Crippen molar-refractivity contribution < 1.29 is 9.53 Å². The fourth-order valence-electron chi connectivity index (χ4n) is 3.52. The van der Waals surface area contributed by atoms with Crippen molar-refractivity contribution >= 4 is 11.7 Å². The van der Waals surface area contributed by atoms with Gasteiger partial charge >= 0.3 is 0 Å². The van der Waals surface area contributed by atoms with Crippen LogP contribution in [-0.2, 0) is 18.4 Å². The Hall–Kier alpha value is -2.41. The Balaban J connectivity index is 1.64. The van der Waals surface area contributed by atoms with Gasteiger partial charge in [0, 0.05) is 26.3 Å². The Morgan fingerprint density at radius 1 is 1.38 bits per heavy atom. The first-order valence-electron chi connectivity index (χ1n) is 9.00. The fraction of sp³-hybridized carbons (Fsp3) is 0.526. The maximum Gasteiger partial charge on any atom is 0.229 e. The lowest BCUT2D eigenvalue weighted by atomic mass is 9.96. The van der Waals surface area contributed by atoms with E-state index in [-0.39, 0.29) is 11.8 Å². The molecule has 1 aliphatic rings. The maximum absolute atomic E-state index is 12.6. The van der Waals surface area contributed by atoms with Crippen LogP contribution >= 0.6 is 0 Å². The zero-order valence-corrected chi connectivity index (χ0v) is 16.0. The van der Waals surface area contributed by atoms with Gasteiger partial charge in [-0.1, -0.05) is 6.07 Å². The highest BCUT2D eigenvalue weighted by Gasteiger charge is 2.27. The summed E-state index contributed by atoms with van der Waals surface area (Å²) in [6.07, 6.45) is 3.67. The van der Waals surface area contributed by atoms with Crippen LogP contribution in [0.15, 0.2) is 18.3 Å². The summed E-state index contributed by atoms with van der Waals surface area (Å²) in [6.45, 7) is 6.43. The summed E-state index contributed by atoms with van der Waals surface area (Å²) in [4.78, 5) is 19.2. The number of likely N-dealkylation sites (tertiary alicyclic amines) is 1. The summed E-state index contributed by atoms with van der Waals surface area (Å²) in [5.74, 6) is 1.41. The summed E-state index contributed by atoms with van der Waals surface area (Å²) >= 11 is 0. The number of hydrogen-bond donors (Lipinski definition) is 1. The summed E-state index contributed by atoms with van der Waals surface area (Å²) in [6, 6.07) is 3.80. The molecule has 7 nitrogen and oxygen atoms in total. The lowest BCUT2D eigenvalue weighted by Gasteiger charge is -2.31. The van der Waals surface area contributed by atoms with Crippen molar-refractivity contribution in [2.75, 3.05) is 25.5 Å². The molecule has 1 fully saturated rings. The predicted octanol–water partition coefficient (Wildman–Crippen LogP) is 2.29. The molecule has 0 aromatic carbocycles. The molecule has 2 aromatic rings. The van der Waals surface area contributed by atoms with Gasteiger partial charge in [-0.3, -0.25) is 9.69 Å². The smallest absolute Gasteiger partial charge is 0.229 e. The third kappa shape index (κ3) is 4.04. The monoisotopic (exact) mass is 357 g/mol. The molecule has 26 heavy (non-hydrogen) atoms. The van der Waals surface area contributed by atoms with Crippen molar-refractivity contribution in [1.29, 1.82) is 0 Å². The van der Waals surface area contributed by atoms with Crippen LogP contribution in [0.4, 0.5) is 5.82 Å². The quantitative estimate of drug-likeness (QED) is 0.889. The average Bonchev–Trinajstić information content (AvgIpc) is 2.90. The molecule has 1 atom stereocenters. The molecule has 7 heteroatoms. The van der Waals surface area contributed by atoms with Gasteiger partial charge in [-0.05, 0) is 44.9 Å². The average molecular weight is 357 g/mol. The summed E-state index contributed by atoms with van der Waals surface area (Å²) in [5.41, 5.74) is 3.14. The van der Waals surface area contributed by atoms with Gasteiger partial charge in [-0.2, -0.15) is 5.10 Å². The van der Waals surface area contributed by atoms with E-state index in [4.69, 9.17) is 4.74 Å². The molecule has 1 N–H and O–H groups in total. The molecule has 0 saturated carbocycles. The number of carbonyl (C=O) groups excluding carboxylic acids is 1. The van der Waals surface area contributed by atoms with E-state index >= 15 is 0 Å². The van der Waals surface area contributed by atoms with Crippen molar-refractivity contribution in [3.8, 4) is 5.88 Å². The summed E-state index contributed by atoms with van der Waals surface area (Å²) in [7, 11) is 3.55. The van der Waals surface area contributed by atoms with Gasteiger partial charge in [0.1, 0.15) is 5.82 Å². The molecule has 2 aromatic heterocycles.